The Morgan fingerprint density at radius 1 is 1.50 bits per heavy atom. The van der Waals surface area contributed by atoms with Crippen LogP contribution in [0.2, 0.25) is 0 Å². The minimum Gasteiger partial charge on any atom is -0.496 e. The van der Waals surface area contributed by atoms with Crippen molar-refractivity contribution in [2.45, 2.75) is 49.7 Å². The van der Waals surface area contributed by atoms with Gasteiger partial charge in [0.25, 0.3) is 0 Å². The minimum absolute atomic E-state index is 0.0240. The van der Waals surface area contributed by atoms with Crippen LogP contribution in [0.4, 0.5) is 0 Å². The molecule has 0 radical (unpaired) electrons. The molecule has 2 N–H and O–H groups in total. The number of hydrogen-bond acceptors (Lipinski definition) is 5. The number of rotatable bonds is 2. The second-order valence-corrected chi connectivity index (χ2v) is 7.63. The summed E-state index contributed by atoms with van der Waals surface area (Å²) in [6, 6.07) is 6.38. The summed E-state index contributed by atoms with van der Waals surface area (Å²) in [7, 11) is 1.71. The van der Waals surface area contributed by atoms with E-state index in [1.54, 1.807) is 7.11 Å². The van der Waals surface area contributed by atoms with Crippen LogP contribution >= 0.6 is 0 Å². The molecule has 6 atom stereocenters. The van der Waals surface area contributed by atoms with Crippen molar-refractivity contribution in [3.63, 3.8) is 0 Å². The first-order valence-electron chi connectivity index (χ1n) is 8.60. The van der Waals surface area contributed by atoms with Crippen molar-refractivity contribution in [2.75, 3.05) is 13.7 Å². The lowest BCUT2D eigenvalue weighted by Gasteiger charge is -2.52. The molecule has 0 aromatic heterocycles. The zero-order valence-electron chi connectivity index (χ0n) is 13.9. The number of nitrogens with zero attached hydrogens (tertiary/aromatic N) is 1. The number of nitrogens with one attached hydrogen (secondary N) is 1. The van der Waals surface area contributed by atoms with Crippen LogP contribution in [0.25, 0.3) is 0 Å². The lowest BCUT2D eigenvalue weighted by Crippen LogP contribution is -2.68. The summed E-state index contributed by atoms with van der Waals surface area (Å²) in [6.07, 6.45) is 1.41. The molecule has 0 saturated carbocycles. The summed E-state index contributed by atoms with van der Waals surface area (Å²) in [4.78, 5) is 14.2. The smallest absolute Gasteiger partial charge is 0.308 e. The van der Waals surface area contributed by atoms with E-state index in [1.165, 1.54) is 11.1 Å². The topological polar surface area (TPSA) is 71.0 Å². The van der Waals surface area contributed by atoms with Crippen molar-refractivity contribution in [2.24, 2.45) is 5.92 Å². The first-order chi connectivity index (χ1) is 11.5. The quantitative estimate of drug-likeness (QED) is 0.841. The molecule has 3 saturated heterocycles. The van der Waals surface area contributed by atoms with Gasteiger partial charge in [0.15, 0.2) is 0 Å². The van der Waals surface area contributed by atoms with Crippen LogP contribution in [0.3, 0.4) is 0 Å². The predicted octanol–water partition coefficient (Wildman–Crippen LogP) is 0.938. The van der Waals surface area contributed by atoms with E-state index in [1.807, 2.05) is 12.1 Å². The molecule has 128 valence electrons. The fourth-order valence-corrected chi connectivity index (χ4v) is 5.59. The second kappa shape index (κ2) is 4.71. The van der Waals surface area contributed by atoms with Gasteiger partial charge < -0.3 is 19.9 Å². The lowest BCUT2D eigenvalue weighted by atomic mass is 9.76. The number of carboxylic acids is 1. The molecule has 1 aromatic carbocycles. The molecule has 5 rings (SSSR count). The van der Waals surface area contributed by atoms with Gasteiger partial charge in [-0.1, -0.05) is 12.1 Å². The molecule has 0 aliphatic carbocycles. The van der Waals surface area contributed by atoms with E-state index in [4.69, 9.17) is 9.47 Å². The summed E-state index contributed by atoms with van der Waals surface area (Å²) in [5.41, 5.74) is 2.19. The Bertz CT molecular complexity index is 723. The van der Waals surface area contributed by atoms with E-state index >= 15 is 0 Å². The molecule has 6 nitrogen and oxygen atoms in total. The van der Waals surface area contributed by atoms with Crippen molar-refractivity contribution in [1.82, 2.24) is 10.2 Å². The highest BCUT2D eigenvalue weighted by atomic mass is 16.5. The molecule has 4 heterocycles. The van der Waals surface area contributed by atoms with Gasteiger partial charge in [0.05, 0.1) is 25.2 Å². The molecule has 0 spiro atoms. The number of benzene rings is 1. The molecule has 24 heavy (non-hydrogen) atoms. The van der Waals surface area contributed by atoms with Crippen molar-refractivity contribution in [3.8, 4) is 5.75 Å². The molecular weight excluding hydrogens is 308 g/mol. The molecule has 4 aliphatic rings. The zero-order chi connectivity index (χ0) is 16.6. The highest BCUT2D eigenvalue weighted by molar-refractivity contribution is 5.72. The van der Waals surface area contributed by atoms with Crippen LogP contribution in [0.5, 0.6) is 5.75 Å². The zero-order valence-corrected chi connectivity index (χ0v) is 13.9. The van der Waals surface area contributed by atoms with Crippen LogP contribution < -0.4 is 10.1 Å². The van der Waals surface area contributed by atoms with Crippen molar-refractivity contribution in [1.29, 1.82) is 0 Å². The highest BCUT2D eigenvalue weighted by Crippen LogP contribution is 2.53. The molecule has 0 amide bonds. The van der Waals surface area contributed by atoms with Gasteiger partial charge >= 0.3 is 5.97 Å². The largest absolute Gasteiger partial charge is 0.496 e. The highest BCUT2D eigenvalue weighted by Gasteiger charge is 2.63. The van der Waals surface area contributed by atoms with E-state index in [9.17, 15) is 9.90 Å². The normalized spacial score (nSPS) is 42.5. The summed E-state index contributed by atoms with van der Waals surface area (Å²) in [5, 5.41) is 13.2. The van der Waals surface area contributed by atoms with Gasteiger partial charge in [-0.05, 0) is 31.4 Å². The fraction of sp³-hybridized carbons (Fsp3) is 0.611. The Morgan fingerprint density at radius 3 is 3.08 bits per heavy atom. The van der Waals surface area contributed by atoms with Crippen LogP contribution in [-0.4, -0.2) is 54.0 Å². The van der Waals surface area contributed by atoms with E-state index in [-0.39, 0.29) is 35.8 Å². The third-order valence-electron chi connectivity index (χ3n) is 6.46. The molecule has 6 heteroatoms. The summed E-state index contributed by atoms with van der Waals surface area (Å²) >= 11 is 0. The van der Waals surface area contributed by atoms with Crippen molar-refractivity contribution >= 4 is 5.97 Å². The first-order valence-corrected chi connectivity index (χ1v) is 8.60. The van der Waals surface area contributed by atoms with Gasteiger partial charge in [0, 0.05) is 23.7 Å². The number of fused-ring (bicyclic) bond motifs is 6. The predicted molar refractivity (Wildman–Crippen MR) is 85.9 cm³/mol. The third-order valence-corrected chi connectivity index (χ3v) is 6.46. The molecule has 1 aromatic rings. The molecule has 2 bridgehead atoms. The standard InChI is InChI=1S/C18H22N2O4/c1-18-8-24-16-11-7-10(17(21)22)15(19-11)12(20(16)18)6-9-4-3-5-13(23-2)14(9)18/h3-5,10-12,15-16,19H,6-8H2,1-2H3,(H,21,22)/t10-,11-,12+,15+,16-,18-/m0/s1. The van der Waals surface area contributed by atoms with E-state index in [0.717, 1.165) is 12.2 Å². The second-order valence-electron chi connectivity index (χ2n) is 7.63. The summed E-state index contributed by atoms with van der Waals surface area (Å²) < 4.78 is 11.8. The first kappa shape index (κ1) is 14.7. The Hall–Kier alpha value is -1.63. The minimum atomic E-state index is -0.700. The maximum atomic E-state index is 11.7. The Balaban J connectivity index is 1.67. The fourth-order valence-electron chi connectivity index (χ4n) is 5.59. The van der Waals surface area contributed by atoms with Gasteiger partial charge in [-0.2, -0.15) is 0 Å². The van der Waals surface area contributed by atoms with Crippen molar-refractivity contribution in [3.05, 3.63) is 29.3 Å². The average Bonchev–Trinajstić information content (AvgIpc) is 3.12. The van der Waals surface area contributed by atoms with E-state index < -0.39 is 5.97 Å². The lowest BCUT2D eigenvalue weighted by molar-refractivity contribution is -0.143. The van der Waals surface area contributed by atoms with E-state index in [0.29, 0.717) is 13.0 Å². The maximum absolute atomic E-state index is 11.7. The van der Waals surface area contributed by atoms with Gasteiger partial charge in [-0.3, -0.25) is 9.69 Å². The Morgan fingerprint density at radius 2 is 2.33 bits per heavy atom. The number of carbonyl (C=O) groups is 1. The molecule has 4 aliphatic heterocycles. The monoisotopic (exact) mass is 330 g/mol. The molecule has 3 fully saturated rings. The van der Waals surface area contributed by atoms with Gasteiger partial charge in [-0.25, -0.2) is 0 Å². The SMILES string of the molecule is COc1cccc2c1[C@]1(C)CO[C@H]3[C@@H]4C[C@H](C(=O)O)[C@@H](N4)[C@@H](C2)N31. The van der Waals surface area contributed by atoms with Crippen LogP contribution in [0.1, 0.15) is 24.5 Å². The number of aliphatic carboxylic acids is 1. The Kier molecular flexibility index (Phi) is 2.89. The summed E-state index contributed by atoms with van der Waals surface area (Å²) in [5.74, 6) is -0.140. The van der Waals surface area contributed by atoms with Crippen molar-refractivity contribution < 1.29 is 19.4 Å². The Labute approximate surface area is 140 Å². The van der Waals surface area contributed by atoms with E-state index in [2.05, 4.69) is 23.2 Å². The number of piperazine rings is 1. The van der Waals surface area contributed by atoms with Gasteiger partial charge in [0.1, 0.15) is 12.0 Å². The van der Waals surface area contributed by atoms with Crippen LogP contribution in [0.15, 0.2) is 18.2 Å². The van der Waals surface area contributed by atoms with Gasteiger partial charge in [-0.15, -0.1) is 0 Å². The number of hydrogen-bond donors (Lipinski definition) is 2. The maximum Gasteiger partial charge on any atom is 0.308 e. The number of carboxylic acid groups (broad SMARTS) is 1. The summed E-state index contributed by atoms with van der Waals surface area (Å²) in [6.45, 7) is 2.82. The molecule has 0 unspecified atom stereocenters. The van der Waals surface area contributed by atoms with Crippen LogP contribution in [0, 0.1) is 5.92 Å². The average molecular weight is 330 g/mol. The van der Waals surface area contributed by atoms with Crippen LogP contribution in [-0.2, 0) is 21.5 Å². The number of methoxy groups -OCH3 is 1. The van der Waals surface area contributed by atoms with Gasteiger partial charge in [0.2, 0.25) is 0 Å². The number of ether oxygens (including phenoxy) is 2. The third kappa shape index (κ3) is 1.64. The molecular formula is C18H22N2O4.